The molecule has 0 radical (unpaired) electrons. The van der Waals surface area contributed by atoms with E-state index < -0.39 is 0 Å². The highest BCUT2D eigenvalue weighted by Crippen LogP contribution is 2.39. The van der Waals surface area contributed by atoms with Crippen LogP contribution in [0.5, 0.6) is 5.75 Å². The molecule has 0 saturated carbocycles. The van der Waals surface area contributed by atoms with Crippen molar-refractivity contribution in [3.63, 3.8) is 0 Å². The second kappa shape index (κ2) is 10.4. The molecule has 0 spiro atoms. The van der Waals surface area contributed by atoms with Gasteiger partial charge in [-0.05, 0) is 86.8 Å². The van der Waals surface area contributed by atoms with E-state index in [1.54, 1.807) is 0 Å². The van der Waals surface area contributed by atoms with Gasteiger partial charge in [-0.3, -0.25) is 0 Å². The number of aryl methyl sites for hydroxylation is 3. The zero-order valence-corrected chi connectivity index (χ0v) is 23.3. The van der Waals surface area contributed by atoms with Gasteiger partial charge in [0.25, 0.3) is 0 Å². The number of hydrogen-bond acceptors (Lipinski definition) is 3. The van der Waals surface area contributed by atoms with Crippen LogP contribution in [-0.4, -0.2) is 31.9 Å². The van der Waals surface area contributed by atoms with Crippen LogP contribution < -0.4 is 10.1 Å². The van der Waals surface area contributed by atoms with Crippen molar-refractivity contribution in [3.8, 4) is 17.3 Å². The lowest BCUT2D eigenvalue weighted by Crippen LogP contribution is -2.38. The minimum absolute atomic E-state index is 0.167. The number of nitrogens with one attached hydrogen (secondary N) is 1. The van der Waals surface area contributed by atoms with E-state index in [1.165, 1.54) is 0 Å². The quantitative estimate of drug-likeness (QED) is 0.263. The van der Waals surface area contributed by atoms with Crippen molar-refractivity contribution < 1.29 is 9.53 Å². The monoisotopic (exact) mass is 531 g/mol. The largest absolute Gasteiger partial charge is 0.494 e. The fourth-order valence-electron chi connectivity index (χ4n) is 5.47. The number of anilines is 1. The standard InChI is InChI=1S/C33H33N5O2/c1-5-40-27-17-15-25(16-18-27)31-30-12-9-19-36(30)32-28(24(4)35-38(32)26-10-7-6-8-11-26)21-37(31)33(39)34-29-20-22(2)13-14-23(29)3/h6-20,31H,5,21H2,1-4H3,(H,34,39). The van der Waals surface area contributed by atoms with Crippen molar-refractivity contribution in [2.45, 2.75) is 40.3 Å². The van der Waals surface area contributed by atoms with Gasteiger partial charge in [0, 0.05) is 17.4 Å². The van der Waals surface area contributed by atoms with E-state index >= 15 is 0 Å². The van der Waals surface area contributed by atoms with E-state index in [4.69, 9.17) is 9.84 Å². The van der Waals surface area contributed by atoms with Gasteiger partial charge >= 0.3 is 6.03 Å². The molecule has 0 fully saturated rings. The van der Waals surface area contributed by atoms with Crippen LogP contribution in [0.3, 0.4) is 0 Å². The number of urea groups is 1. The maximum Gasteiger partial charge on any atom is 0.322 e. The summed E-state index contributed by atoms with van der Waals surface area (Å²) in [4.78, 5) is 16.1. The Morgan fingerprint density at radius 1 is 0.975 bits per heavy atom. The third kappa shape index (κ3) is 4.53. The smallest absolute Gasteiger partial charge is 0.322 e. The molecule has 2 aromatic heterocycles. The number of aromatic nitrogens is 3. The Balaban J connectivity index is 1.52. The average molecular weight is 532 g/mol. The molecule has 40 heavy (non-hydrogen) atoms. The third-order valence-corrected chi connectivity index (χ3v) is 7.49. The Morgan fingerprint density at radius 2 is 1.75 bits per heavy atom. The number of carbonyl (C=O) groups excluding carboxylic acids is 1. The molecule has 3 heterocycles. The van der Waals surface area contributed by atoms with Crippen molar-refractivity contribution >= 4 is 11.7 Å². The summed E-state index contributed by atoms with van der Waals surface area (Å²) < 4.78 is 9.87. The fraction of sp³-hybridized carbons (Fsp3) is 0.212. The van der Waals surface area contributed by atoms with Gasteiger partial charge < -0.3 is 19.5 Å². The Hall–Kier alpha value is -4.78. The van der Waals surface area contributed by atoms with Gasteiger partial charge in [-0.15, -0.1) is 0 Å². The minimum Gasteiger partial charge on any atom is -0.494 e. The lowest BCUT2D eigenvalue weighted by molar-refractivity contribution is 0.194. The summed E-state index contributed by atoms with van der Waals surface area (Å²) in [6.07, 6.45) is 2.06. The van der Waals surface area contributed by atoms with Crippen LogP contribution >= 0.6 is 0 Å². The van der Waals surface area contributed by atoms with Gasteiger partial charge in [-0.2, -0.15) is 5.10 Å². The molecular formula is C33H33N5O2. The molecule has 1 atom stereocenters. The zero-order valence-electron chi connectivity index (χ0n) is 23.3. The van der Waals surface area contributed by atoms with Gasteiger partial charge in [-0.25, -0.2) is 9.48 Å². The normalized spacial score (nSPS) is 14.3. The van der Waals surface area contributed by atoms with Crippen molar-refractivity contribution in [1.82, 2.24) is 19.2 Å². The molecule has 1 unspecified atom stereocenters. The van der Waals surface area contributed by atoms with E-state index in [-0.39, 0.29) is 12.1 Å². The molecule has 0 bridgehead atoms. The van der Waals surface area contributed by atoms with Gasteiger partial charge in [0.2, 0.25) is 0 Å². The Kier molecular flexibility index (Phi) is 6.64. The molecule has 1 aliphatic rings. The molecule has 7 heteroatoms. The summed E-state index contributed by atoms with van der Waals surface area (Å²) in [5.41, 5.74) is 7.77. The van der Waals surface area contributed by atoms with Crippen LogP contribution in [0.1, 0.15) is 46.6 Å². The Labute approximate surface area is 234 Å². The number of hydrogen-bond donors (Lipinski definition) is 1. The lowest BCUT2D eigenvalue weighted by atomic mass is 10.0. The first-order valence-corrected chi connectivity index (χ1v) is 13.6. The SMILES string of the molecule is CCOc1ccc(C2c3cccn3-c3c(c(C)nn3-c3ccccc3)CN2C(=O)Nc2cc(C)ccc2C)cc1. The molecule has 0 aliphatic carbocycles. The van der Waals surface area contributed by atoms with Gasteiger partial charge in [0.15, 0.2) is 0 Å². The number of para-hydroxylation sites is 1. The molecule has 1 N–H and O–H groups in total. The van der Waals surface area contributed by atoms with Crippen molar-refractivity contribution in [2.24, 2.45) is 0 Å². The summed E-state index contributed by atoms with van der Waals surface area (Å²) in [6, 6.07) is 27.9. The average Bonchev–Trinajstić information content (AvgIpc) is 3.52. The summed E-state index contributed by atoms with van der Waals surface area (Å²) in [5, 5.41) is 8.15. The summed E-state index contributed by atoms with van der Waals surface area (Å²) in [7, 11) is 0. The number of nitrogens with zero attached hydrogens (tertiary/aromatic N) is 4. The zero-order chi connectivity index (χ0) is 27.8. The molecule has 7 nitrogen and oxygen atoms in total. The van der Waals surface area contributed by atoms with Crippen LogP contribution in [0.25, 0.3) is 11.5 Å². The van der Waals surface area contributed by atoms with Crippen LogP contribution in [0, 0.1) is 20.8 Å². The highest BCUT2D eigenvalue weighted by Gasteiger charge is 2.36. The molecule has 3 aromatic carbocycles. The second-order valence-corrected chi connectivity index (χ2v) is 10.2. The van der Waals surface area contributed by atoms with Crippen molar-refractivity contribution in [1.29, 1.82) is 0 Å². The Bertz CT molecular complexity index is 1670. The number of rotatable bonds is 5. The maximum absolute atomic E-state index is 14.2. The fourth-order valence-corrected chi connectivity index (χ4v) is 5.47. The van der Waals surface area contributed by atoms with E-state index in [9.17, 15) is 4.79 Å². The van der Waals surface area contributed by atoms with Crippen molar-refractivity contribution in [2.75, 3.05) is 11.9 Å². The van der Waals surface area contributed by atoms with Crippen molar-refractivity contribution in [3.05, 3.63) is 125 Å². The van der Waals surface area contributed by atoms with Gasteiger partial charge in [0.1, 0.15) is 11.6 Å². The lowest BCUT2D eigenvalue weighted by Gasteiger charge is -2.31. The van der Waals surface area contributed by atoms with Crippen LogP contribution in [0.4, 0.5) is 10.5 Å². The van der Waals surface area contributed by atoms with Crippen LogP contribution in [0.2, 0.25) is 0 Å². The first-order valence-electron chi connectivity index (χ1n) is 13.6. The maximum atomic E-state index is 14.2. The van der Waals surface area contributed by atoms with E-state index in [1.807, 2.05) is 85.8 Å². The first-order chi connectivity index (χ1) is 19.4. The predicted octanol–water partition coefficient (Wildman–Crippen LogP) is 7.12. The molecule has 2 amide bonds. The van der Waals surface area contributed by atoms with Crippen LogP contribution in [0.15, 0.2) is 91.1 Å². The number of ether oxygens (including phenoxy) is 1. The highest BCUT2D eigenvalue weighted by molar-refractivity contribution is 5.91. The molecule has 1 aliphatic heterocycles. The summed E-state index contributed by atoms with van der Waals surface area (Å²) in [6.45, 7) is 9.02. The molecule has 0 saturated heterocycles. The summed E-state index contributed by atoms with van der Waals surface area (Å²) >= 11 is 0. The highest BCUT2D eigenvalue weighted by atomic mass is 16.5. The first kappa shape index (κ1) is 25.5. The predicted molar refractivity (Wildman–Crippen MR) is 158 cm³/mol. The van der Waals surface area contributed by atoms with E-state index in [0.717, 1.165) is 56.6 Å². The van der Waals surface area contributed by atoms with Crippen LogP contribution in [-0.2, 0) is 6.54 Å². The molecule has 5 aromatic rings. The number of amides is 2. The third-order valence-electron chi connectivity index (χ3n) is 7.49. The van der Waals surface area contributed by atoms with Gasteiger partial charge in [-0.1, -0.05) is 42.5 Å². The molecule has 202 valence electrons. The second-order valence-electron chi connectivity index (χ2n) is 10.2. The molecular weight excluding hydrogens is 498 g/mol. The Morgan fingerprint density at radius 3 is 2.50 bits per heavy atom. The number of carbonyl (C=O) groups is 1. The number of benzene rings is 3. The molecule has 6 rings (SSSR count). The topological polar surface area (TPSA) is 64.3 Å². The van der Waals surface area contributed by atoms with Gasteiger partial charge in [0.05, 0.1) is 36.3 Å². The van der Waals surface area contributed by atoms with E-state index in [2.05, 4.69) is 52.5 Å². The van der Waals surface area contributed by atoms with E-state index in [0.29, 0.717) is 13.2 Å². The number of fused-ring (bicyclic) bond motifs is 3. The minimum atomic E-state index is -0.341. The summed E-state index contributed by atoms with van der Waals surface area (Å²) in [5.74, 6) is 1.75.